The average Bonchev–Trinajstić information content (AvgIpc) is 3.21. The predicted molar refractivity (Wildman–Crippen MR) is 142 cm³/mol. The van der Waals surface area contributed by atoms with Gasteiger partial charge in [0, 0.05) is 21.2 Å². The van der Waals surface area contributed by atoms with E-state index in [-0.39, 0.29) is 5.69 Å². The summed E-state index contributed by atoms with van der Waals surface area (Å²) in [5.74, 6) is -2.15. The minimum absolute atomic E-state index is 0.184. The Morgan fingerprint density at radius 3 is 2.26 bits per heavy atom. The molecule has 0 saturated heterocycles. The van der Waals surface area contributed by atoms with Crippen LogP contribution in [0.25, 0.3) is 10.9 Å². The lowest BCUT2D eigenvalue weighted by molar-refractivity contribution is -0.133. The highest BCUT2D eigenvalue weighted by Crippen LogP contribution is 2.24. The van der Waals surface area contributed by atoms with E-state index in [9.17, 15) is 14.4 Å². The summed E-state index contributed by atoms with van der Waals surface area (Å²) in [6, 6.07) is 23.5. The van der Waals surface area contributed by atoms with Crippen LogP contribution in [-0.2, 0) is 16.0 Å². The molecule has 3 aromatic carbocycles. The minimum Gasteiger partial charge on any atom is -0.321 e. The van der Waals surface area contributed by atoms with E-state index in [0.29, 0.717) is 16.9 Å². The maximum atomic E-state index is 13.0. The van der Waals surface area contributed by atoms with Gasteiger partial charge in [0.25, 0.3) is 5.91 Å². The van der Waals surface area contributed by atoms with Gasteiger partial charge in [-0.25, -0.2) is 4.68 Å². The van der Waals surface area contributed by atoms with Crippen LogP contribution in [0.4, 0.5) is 11.4 Å². The molecule has 1 aromatic heterocycles. The first-order valence-corrected chi connectivity index (χ1v) is 12.1. The molecule has 0 unspecified atom stereocenters. The lowest BCUT2D eigenvalue weighted by Gasteiger charge is -2.13. The number of unbranched alkanes of at least 4 members (excludes halogenated alkanes) is 1. The Kier molecular flexibility index (Phi) is 7.62. The molecule has 0 aliphatic carbocycles. The van der Waals surface area contributed by atoms with Crippen molar-refractivity contribution in [3.05, 3.63) is 94.6 Å². The number of fused-ring (bicyclic) bond motifs is 1. The van der Waals surface area contributed by atoms with Crippen LogP contribution >= 0.6 is 15.9 Å². The number of halogens is 1. The molecule has 0 fully saturated rings. The minimum atomic E-state index is -0.894. The second-order valence-corrected chi connectivity index (χ2v) is 9.00. The zero-order valence-corrected chi connectivity index (χ0v) is 20.8. The molecule has 0 bridgehead atoms. The summed E-state index contributed by atoms with van der Waals surface area (Å²) >= 11 is 3.43. The van der Waals surface area contributed by atoms with Crippen molar-refractivity contribution < 1.29 is 14.4 Å². The number of anilines is 2. The van der Waals surface area contributed by atoms with Crippen LogP contribution in [0.2, 0.25) is 0 Å². The summed E-state index contributed by atoms with van der Waals surface area (Å²) in [5.41, 5.74) is 5.64. The molecule has 4 rings (SSSR count). The molecular formula is C27H25BrN4O3. The Bertz CT molecular complexity index is 1360. The fourth-order valence-electron chi connectivity index (χ4n) is 3.67. The van der Waals surface area contributed by atoms with Crippen molar-refractivity contribution in [1.29, 1.82) is 0 Å². The van der Waals surface area contributed by atoms with Crippen LogP contribution < -0.4 is 16.1 Å². The quantitative estimate of drug-likeness (QED) is 0.266. The average molecular weight is 533 g/mol. The Morgan fingerprint density at radius 2 is 1.54 bits per heavy atom. The largest absolute Gasteiger partial charge is 0.328 e. The lowest BCUT2D eigenvalue weighted by atomic mass is 10.1. The molecular weight excluding hydrogens is 508 g/mol. The normalized spacial score (nSPS) is 10.7. The van der Waals surface area contributed by atoms with Crippen molar-refractivity contribution >= 4 is 55.9 Å². The van der Waals surface area contributed by atoms with E-state index in [1.54, 1.807) is 42.5 Å². The first kappa shape index (κ1) is 24.2. The van der Waals surface area contributed by atoms with Crippen molar-refractivity contribution in [3.8, 4) is 0 Å². The predicted octanol–water partition coefficient (Wildman–Crippen LogP) is 5.71. The summed E-state index contributed by atoms with van der Waals surface area (Å²) in [7, 11) is 0. The molecule has 0 radical (unpaired) electrons. The fourth-order valence-corrected chi connectivity index (χ4v) is 4.05. The van der Waals surface area contributed by atoms with E-state index in [1.165, 1.54) is 10.2 Å². The lowest BCUT2D eigenvalue weighted by Crippen LogP contribution is -2.36. The van der Waals surface area contributed by atoms with Gasteiger partial charge in [-0.15, -0.1) is 0 Å². The summed E-state index contributed by atoms with van der Waals surface area (Å²) in [5, 5.41) is 6.15. The fraction of sp³-hybridized carbons (Fsp3) is 0.148. The third-order valence-corrected chi connectivity index (χ3v) is 5.97. The number of nitrogens with zero attached hydrogens (tertiary/aromatic N) is 1. The molecule has 0 atom stereocenters. The Hall–Kier alpha value is -3.91. The number of para-hydroxylation sites is 1. The third kappa shape index (κ3) is 5.96. The van der Waals surface area contributed by atoms with Crippen molar-refractivity contribution in [2.75, 3.05) is 16.1 Å². The maximum Gasteiger partial charge on any atom is 0.328 e. The van der Waals surface area contributed by atoms with E-state index in [0.717, 1.165) is 29.1 Å². The van der Waals surface area contributed by atoms with Gasteiger partial charge in [0.2, 0.25) is 0 Å². The number of amides is 3. The van der Waals surface area contributed by atoms with Gasteiger partial charge >= 0.3 is 11.8 Å². The summed E-state index contributed by atoms with van der Waals surface area (Å²) in [4.78, 5) is 38.4. The zero-order chi connectivity index (χ0) is 24.8. The summed E-state index contributed by atoms with van der Waals surface area (Å²) in [6.07, 6.45) is 3.17. The number of carbonyl (C=O) groups is 3. The first-order chi connectivity index (χ1) is 16.9. The van der Waals surface area contributed by atoms with Gasteiger partial charge < -0.3 is 10.6 Å². The molecule has 0 aliphatic rings. The van der Waals surface area contributed by atoms with Gasteiger partial charge in [-0.2, -0.15) is 0 Å². The van der Waals surface area contributed by atoms with Gasteiger partial charge in [0.15, 0.2) is 0 Å². The van der Waals surface area contributed by atoms with E-state index < -0.39 is 17.7 Å². The second-order valence-electron chi connectivity index (χ2n) is 8.08. The van der Waals surface area contributed by atoms with Crippen LogP contribution in [0.5, 0.6) is 0 Å². The van der Waals surface area contributed by atoms with Gasteiger partial charge in [0.05, 0.1) is 5.52 Å². The van der Waals surface area contributed by atoms with Crippen molar-refractivity contribution in [2.24, 2.45) is 0 Å². The number of rotatable bonds is 7. The van der Waals surface area contributed by atoms with E-state index in [1.807, 2.05) is 36.4 Å². The number of nitrogens with one attached hydrogen (secondary N) is 3. The number of hydrogen-bond donors (Lipinski definition) is 3. The van der Waals surface area contributed by atoms with Gasteiger partial charge in [-0.05, 0) is 66.9 Å². The van der Waals surface area contributed by atoms with Gasteiger partial charge in [-0.3, -0.25) is 19.8 Å². The highest BCUT2D eigenvalue weighted by molar-refractivity contribution is 9.10. The van der Waals surface area contributed by atoms with Crippen LogP contribution in [0.3, 0.4) is 0 Å². The number of aryl methyl sites for hydroxylation is 1. The molecule has 35 heavy (non-hydrogen) atoms. The standard InChI is InChI=1S/C27H25BrN4O3/c1-2-3-7-18-10-13-22(14-11-18)30-26(34)27(35)31-32-23-15-12-20(28)16-19(23)17-24(32)25(33)29-21-8-5-4-6-9-21/h4-6,8-17H,2-3,7H2,1H3,(H,29,33)(H,30,34)(H,31,35). The van der Waals surface area contributed by atoms with Crippen LogP contribution in [0.1, 0.15) is 35.8 Å². The molecule has 7 nitrogen and oxygen atoms in total. The Morgan fingerprint density at radius 1 is 0.829 bits per heavy atom. The third-order valence-electron chi connectivity index (χ3n) is 5.48. The van der Waals surface area contributed by atoms with Crippen molar-refractivity contribution in [2.45, 2.75) is 26.2 Å². The zero-order valence-electron chi connectivity index (χ0n) is 19.2. The summed E-state index contributed by atoms with van der Waals surface area (Å²) < 4.78 is 2.15. The first-order valence-electron chi connectivity index (χ1n) is 11.3. The molecule has 0 aliphatic heterocycles. The number of benzene rings is 3. The molecule has 0 spiro atoms. The SMILES string of the molecule is CCCCc1ccc(NC(=O)C(=O)Nn2c(C(=O)Nc3ccccc3)cc3cc(Br)ccc32)cc1. The highest BCUT2D eigenvalue weighted by Gasteiger charge is 2.21. The van der Waals surface area contributed by atoms with E-state index in [2.05, 4.69) is 38.9 Å². The second kappa shape index (κ2) is 11.0. The van der Waals surface area contributed by atoms with Crippen molar-refractivity contribution in [1.82, 2.24) is 4.68 Å². The molecule has 3 N–H and O–H groups in total. The molecule has 3 amide bonds. The summed E-state index contributed by atoms with van der Waals surface area (Å²) in [6.45, 7) is 2.14. The number of carbonyl (C=O) groups excluding carboxylic acids is 3. The maximum absolute atomic E-state index is 13.0. The molecule has 1 heterocycles. The highest BCUT2D eigenvalue weighted by atomic mass is 79.9. The van der Waals surface area contributed by atoms with Gasteiger partial charge in [0.1, 0.15) is 5.69 Å². The number of aromatic nitrogens is 1. The Balaban J connectivity index is 1.54. The van der Waals surface area contributed by atoms with E-state index in [4.69, 9.17) is 0 Å². The molecule has 8 heteroatoms. The molecule has 4 aromatic rings. The van der Waals surface area contributed by atoms with Crippen molar-refractivity contribution in [3.63, 3.8) is 0 Å². The van der Waals surface area contributed by atoms with Crippen LogP contribution in [0.15, 0.2) is 83.3 Å². The topological polar surface area (TPSA) is 92.2 Å². The number of hydrogen-bond acceptors (Lipinski definition) is 3. The van der Waals surface area contributed by atoms with E-state index >= 15 is 0 Å². The van der Waals surface area contributed by atoms with Crippen LogP contribution in [-0.4, -0.2) is 22.4 Å². The van der Waals surface area contributed by atoms with Gasteiger partial charge in [-0.1, -0.05) is 59.6 Å². The molecule has 178 valence electrons. The van der Waals surface area contributed by atoms with Crippen LogP contribution in [0, 0.1) is 0 Å². The smallest absolute Gasteiger partial charge is 0.321 e. The molecule has 0 saturated carbocycles. The Labute approximate surface area is 211 Å². The monoisotopic (exact) mass is 532 g/mol.